The quantitative estimate of drug-likeness (QED) is 0.765. The van der Waals surface area contributed by atoms with Gasteiger partial charge >= 0.3 is 5.97 Å². The lowest BCUT2D eigenvalue weighted by Crippen LogP contribution is -2.68. The largest absolute Gasteiger partial charge is 0.481 e. The zero-order valence-corrected chi connectivity index (χ0v) is 16.4. The summed E-state index contributed by atoms with van der Waals surface area (Å²) in [4.78, 5) is 12.1. The fourth-order valence-corrected chi connectivity index (χ4v) is 15.0. The third kappa shape index (κ3) is 3.36. The molecule has 1 N–H and O–H groups in total. The predicted octanol–water partition coefficient (Wildman–Crippen LogP) is 4.38. The van der Waals surface area contributed by atoms with Gasteiger partial charge in [0.1, 0.15) is 16.5 Å². The summed E-state index contributed by atoms with van der Waals surface area (Å²) < 4.78 is 2.73. The van der Waals surface area contributed by atoms with E-state index in [1.165, 1.54) is 6.42 Å². The average molecular weight is 316 g/mol. The standard InChI is InChI=1S/C15H33NO2Si2/c1-8-15(14(17)18)12-10-9-11-13(15)16(19(2,3)4)20(5,6)7/h13H,8-12H2,1-7H3,(H,17,18). The van der Waals surface area contributed by atoms with Crippen molar-refractivity contribution in [3.8, 4) is 0 Å². The van der Waals surface area contributed by atoms with E-state index >= 15 is 0 Å². The summed E-state index contributed by atoms with van der Waals surface area (Å²) in [6.45, 7) is 16.3. The second-order valence-corrected chi connectivity index (χ2v) is 18.4. The Kier molecular flexibility index (Phi) is 5.31. The van der Waals surface area contributed by atoms with Crippen LogP contribution in [0.1, 0.15) is 39.0 Å². The van der Waals surface area contributed by atoms with Crippen LogP contribution in [0.15, 0.2) is 0 Å². The number of aliphatic carboxylic acids is 1. The van der Waals surface area contributed by atoms with Gasteiger partial charge in [0.05, 0.1) is 5.41 Å². The van der Waals surface area contributed by atoms with E-state index < -0.39 is 27.9 Å². The lowest BCUT2D eigenvalue weighted by Gasteiger charge is -2.55. The summed E-state index contributed by atoms with van der Waals surface area (Å²) in [6, 6.07) is 0.247. The first kappa shape index (κ1) is 17.9. The average Bonchev–Trinajstić information content (AvgIpc) is 2.25. The summed E-state index contributed by atoms with van der Waals surface area (Å²) in [7, 11) is -3.06. The molecule has 0 heterocycles. The van der Waals surface area contributed by atoms with Gasteiger partial charge in [-0.1, -0.05) is 59.0 Å². The fraction of sp³-hybridized carbons (Fsp3) is 0.933. The highest BCUT2D eigenvalue weighted by Crippen LogP contribution is 2.45. The maximum Gasteiger partial charge on any atom is 0.311 e. The van der Waals surface area contributed by atoms with Crippen molar-refractivity contribution in [3.63, 3.8) is 0 Å². The number of nitrogens with zero attached hydrogens (tertiary/aromatic N) is 1. The minimum atomic E-state index is -1.53. The van der Waals surface area contributed by atoms with Gasteiger partial charge in [-0.05, 0) is 19.3 Å². The second-order valence-electron chi connectivity index (χ2n) is 8.29. The lowest BCUT2D eigenvalue weighted by atomic mass is 9.69. The molecule has 0 saturated heterocycles. The summed E-state index contributed by atoms with van der Waals surface area (Å²) in [5, 5.41) is 9.94. The van der Waals surface area contributed by atoms with Crippen molar-refractivity contribution >= 4 is 22.4 Å². The molecule has 0 aliphatic heterocycles. The Balaban J connectivity index is 3.31. The highest BCUT2D eigenvalue weighted by molar-refractivity contribution is 6.89. The van der Waals surface area contributed by atoms with Gasteiger partial charge in [-0.2, -0.15) is 0 Å². The first-order valence-corrected chi connectivity index (χ1v) is 14.9. The molecule has 118 valence electrons. The van der Waals surface area contributed by atoms with Crippen molar-refractivity contribution in [2.24, 2.45) is 5.41 Å². The van der Waals surface area contributed by atoms with Crippen LogP contribution in [0.2, 0.25) is 39.3 Å². The van der Waals surface area contributed by atoms with Gasteiger partial charge in [0.2, 0.25) is 0 Å². The number of carboxylic acids is 1. The van der Waals surface area contributed by atoms with Gasteiger partial charge in [-0.3, -0.25) is 4.79 Å². The molecule has 0 radical (unpaired) electrons. The van der Waals surface area contributed by atoms with Crippen molar-refractivity contribution in [2.45, 2.75) is 84.4 Å². The minimum Gasteiger partial charge on any atom is -0.481 e. The first-order valence-electron chi connectivity index (χ1n) is 7.99. The molecule has 1 aliphatic carbocycles. The van der Waals surface area contributed by atoms with Crippen LogP contribution in [-0.4, -0.2) is 37.8 Å². The number of hydrogen-bond donors (Lipinski definition) is 1. The van der Waals surface area contributed by atoms with Gasteiger partial charge in [0, 0.05) is 6.04 Å². The van der Waals surface area contributed by atoms with Crippen LogP contribution in [-0.2, 0) is 4.79 Å². The molecule has 1 rings (SSSR count). The summed E-state index contributed by atoms with van der Waals surface area (Å²) >= 11 is 0. The number of rotatable bonds is 5. The van der Waals surface area contributed by atoms with Crippen molar-refractivity contribution in [3.05, 3.63) is 0 Å². The van der Waals surface area contributed by atoms with Crippen LogP contribution >= 0.6 is 0 Å². The van der Waals surface area contributed by atoms with Crippen molar-refractivity contribution in [1.82, 2.24) is 4.23 Å². The Morgan fingerprint density at radius 1 is 1.15 bits per heavy atom. The third-order valence-electron chi connectivity index (χ3n) is 4.80. The normalized spacial score (nSPS) is 28.7. The molecule has 3 nitrogen and oxygen atoms in total. The van der Waals surface area contributed by atoms with Gasteiger partial charge < -0.3 is 9.34 Å². The summed E-state index contributed by atoms with van der Waals surface area (Å²) in [5.41, 5.74) is -0.515. The SMILES string of the molecule is CCC1(C(=O)O)CCCCC1N([Si](C)(C)C)[Si](C)(C)C. The number of hydrogen-bond acceptors (Lipinski definition) is 2. The third-order valence-corrected chi connectivity index (χ3v) is 12.3. The maximum absolute atomic E-state index is 12.1. The van der Waals surface area contributed by atoms with Crippen LogP contribution in [0.25, 0.3) is 0 Å². The van der Waals surface area contributed by atoms with Crippen LogP contribution in [0.3, 0.4) is 0 Å². The van der Waals surface area contributed by atoms with Gasteiger partial charge in [0.25, 0.3) is 0 Å². The van der Waals surface area contributed by atoms with E-state index in [-0.39, 0.29) is 6.04 Å². The molecule has 2 atom stereocenters. The molecule has 0 amide bonds. The van der Waals surface area contributed by atoms with E-state index in [2.05, 4.69) is 50.4 Å². The number of carboxylic acid groups (broad SMARTS) is 1. The van der Waals surface area contributed by atoms with Crippen molar-refractivity contribution in [1.29, 1.82) is 0 Å². The van der Waals surface area contributed by atoms with E-state index in [0.717, 1.165) is 25.7 Å². The minimum absolute atomic E-state index is 0.247. The molecular weight excluding hydrogens is 282 g/mol. The molecule has 1 aliphatic rings. The Morgan fingerprint density at radius 3 is 2.00 bits per heavy atom. The summed E-state index contributed by atoms with van der Waals surface area (Å²) in [6.07, 6.45) is 4.94. The molecule has 1 saturated carbocycles. The first-order chi connectivity index (χ1) is 8.97. The molecule has 2 unspecified atom stereocenters. The van der Waals surface area contributed by atoms with E-state index in [4.69, 9.17) is 0 Å². The second kappa shape index (κ2) is 5.93. The Morgan fingerprint density at radius 2 is 1.65 bits per heavy atom. The smallest absolute Gasteiger partial charge is 0.311 e. The van der Waals surface area contributed by atoms with E-state index in [1.807, 2.05) is 0 Å². The van der Waals surface area contributed by atoms with E-state index in [1.54, 1.807) is 0 Å². The Hall–Kier alpha value is -0.136. The molecule has 20 heavy (non-hydrogen) atoms. The highest BCUT2D eigenvalue weighted by atomic mass is 28.4. The topological polar surface area (TPSA) is 40.5 Å². The van der Waals surface area contributed by atoms with Crippen LogP contribution in [0.5, 0.6) is 0 Å². The van der Waals surface area contributed by atoms with Gasteiger partial charge in [-0.25, -0.2) is 0 Å². The number of carbonyl (C=O) groups is 1. The molecule has 0 aromatic rings. The van der Waals surface area contributed by atoms with E-state index in [0.29, 0.717) is 0 Å². The molecule has 5 heteroatoms. The maximum atomic E-state index is 12.1. The molecule has 1 fully saturated rings. The lowest BCUT2D eigenvalue weighted by molar-refractivity contribution is -0.154. The molecular formula is C15H33NO2Si2. The molecule has 0 aromatic carbocycles. The predicted molar refractivity (Wildman–Crippen MR) is 91.1 cm³/mol. The zero-order chi connectivity index (χ0) is 15.8. The monoisotopic (exact) mass is 315 g/mol. The van der Waals surface area contributed by atoms with Crippen LogP contribution in [0, 0.1) is 5.41 Å². The zero-order valence-electron chi connectivity index (χ0n) is 14.4. The van der Waals surface area contributed by atoms with E-state index in [9.17, 15) is 9.90 Å². The van der Waals surface area contributed by atoms with Crippen molar-refractivity contribution in [2.75, 3.05) is 0 Å². The fourth-order valence-electron chi connectivity index (χ4n) is 4.35. The molecule has 0 aromatic heterocycles. The molecule has 0 bridgehead atoms. The van der Waals surface area contributed by atoms with Crippen LogP contribution < -0.4 is 0 Å². The Bertz CT molecular complexity index is 346. The van der Waals surface area contributed by atoms with Gasteiger partial charge in [0.15, 0.2) is 0 Å². The molecule has 0 spiro atoms. The van der Waals surface area contributed by atoms with Crippen LogP contribution in [0.4, 0.5) is 0 Å². The Labute approximate surface area is 126 Å². The highest BCUT2D eigenvalue weighted by Gasteiger charge is 2.53. The van der Waals surface area contributed by atoms with Crippen molar-refractivity contribution < 1.29 is 9.90 Å². The van der Waals surface area contributed by atoms with Gasteiger partial charge in [-0.15, -0.1) is 0 Å². The summed E-state index contributed by atoms with van der Waals surface area (Å²) in [5.74, 6) is -0.564.